The number of anilines is 1. The van der Waals surface area contributed by atoms with Crippen LogP contribution in [-0.2, 0) is 4.74 Å². The number of amides is 1. The summed E-state index contributed by atoms with van der Waals surface area (Å²) in [5.74, 6) is 0.446. The van der Waals surface area contributed by atoms with Crippen LogP contribution in [0.15, 0.2) is 83.7 Å². The largest absolute Gasteiger partial charge is 0.453 e. The lowest BCUT2D eigenvalue weighted by Gasteiger charge is -2.14. The van der Waals surface area contributed by atoms with E-state index in [1.54, 1.807) is 10.6 Å². The molecule has 34 heavy (non-hydrogen) atoms. The summed E-state index contributed by atoms with van der Waals surface area (Å²) in [5.41, 5.74) is 3.63. The van der Waals surface area contributed by atoms with Gasteiger partial charge in [0.2, 0.25) is 0 Å². The Morgan fingerprint density at radius 1 is 0.941 bits per heavy atom. The maximum Gasteiger partial charge on any atom is 0.413 e. The number of rotatable bonds is 4. The molecule has 2 aromatic heterocycles. The second-order valence-corrected chi connectivity index (χ2v) is 8.61. The van der Waals surface area contributed by atoms with Gasteiger partial charge in [0.05, 0.1) is 29.4 Å². The van der Waals surface area contributed by atoms with Gasteiger partial charge in [-0.3, -0.25) is 14.7 Å². The zero-order chi connectivity index (χ0) is 23.7. The van der Waals surface area contributed by atoms with Crippen molar-refractivity contribution >= 4 is 33.5 Å². The number of aromatic nitrogens is 3. The minimum absolute atomic E-state index is 0.181. The average molecular weight is 469 g/mol. The Bertz CT molecular complexity index is 1560. The Hall–Kier alpha value is -4.30. The Morgan fingerprint density at radius 3 is 2.38 bits per heavy atom. The number of benzene rings is 3. The van der Waals surface area contributed by atoms with Gasteiger partial charge in [0.15, 0.2) is 11.0 Å². The molecule has 2 heterocycles. The van der Waals surface area contributed by atoms with Gasteiger partial charge in [-0.05, 0) is 31.2 Å². The molecule has 0 unspecified atom stereocenters. The first-order chi connectivity index (χ1) is 16.5. The highest BCUT2D eigenvalue weighted by Gasteiger charge is 2.23. The highest BCUT2D eigenvalue weighted by molar-refractivity contribution is 7.19. The van der Waals surface area contributed by atoms with E-state index < -0.39 is 6.09 Å². The van der Waals surface area contributed by atoms with Gasteiger partial charge in [-0.25, -0.2) is 14.8 Å². The molecular formula is C26H20N4O3S. The molecule has 0 aliphatic carbocycles. The number of hydrogen-bond donors (Lipinski definition) is 1. The Labute approximate surface area is 199 Å². The van der Waals surface area contributed by atoms with Crippen LogP contribution in [0.3, 0.4) is 0 Å². The third-order valence-electron chi connectivity index (χ3n) is 5.34. The van der Waals surface area contributed by atoms with Crippen molar-refractivity contribution in [2.24, 2.45) is 0 Å². The maximum atomic E-state index is 13.7. The standard InChI is InChI=1S/C26H20N4O3S/c1-16-12-14-18(15-13-16)30-23(27-20-11-7-6-10-19(20)24(30)31)22-21(17-8-4-3-5-9-17)28-25(34-22)29-26(32)33-2/h3-15H,1-2H3,(H,28,29,32). The summed E-state index contributed by atoms with van der Waals surface area (Å²) in [4.78, 5) is 35.8. The molecule has 0 saturated carbocycles. The molecule has 5 rings (SSSR count). The number of thiazole rings is 1. The minimum atomic E-state index is -0.623. The number of nitrogens with zero attached hydrogens (tertiary/aromatic N) is 3. The topological polar surface area (TPSA) is 86.1 Å². The molecule has 0 spiro atoms. The number of hydrogen-bond acceptors (Lipinski definition) is 6. The lowest BCUT2D eigenvalue weighted by Crippen LogP contribution is -2.21. The fraction of sp³-hybridized carbons (Fsp3) is 0.0769. The molecule has 1 amide bonds. The maximum absolute atomic E-state index is 13.7. The van der Waals surface area contributed by atoms with Gasteiger partial charge in [0.25, 0.3) is 5.56 Å². The summed E-state index contributed by atoms with van der Waals surface area (Å²) in [6.45, 7) is 1.99. The van der Waals surface area contributed by atoms with E-state index in [9.17, 15) is 9.59 Å². The number of carbonyl (C=O) groups excluding carboxylic acids is 1. The van der Waals surface area contributed by atoms with Crippen LogP contribution in [0.1, 0.15) is 5.56 Å². The molecule has 0 aliphatic heterocycles. The second kappa shape index (κ2) is 8.92. The minimum Gasteiger partial charge on any atom is -0.453 e. The monoisotopic (exact) mass is 468 g/mol. The normalized spacial score (nSPS) is 10.9. The van der Waals surface area contributed by atoms with E-state index >= 15 is 0 Å². The Kier molecular flexibility index (Phi) is 5.65. The van der Waals surface area contributed by atoms with Crippen molar-refractivity contribution in [3.05, 3.63) is 94.8 Å². The molecule has 5 aromatic rings. The van der Waals surface area contributed by atoms with Gasteiger partial charge >= 0.3 is 6.09 Å². The van der Waals surface area contributed by atoms with Gasteiger partial charge in [0, 0.05) is 5.56 Å². The van der Waals surface area contributed by atoms with E-state index in [-0.39, 0.29) is 5.56 Å². The molecule has 0 aliphatic rings. The van der Waals surface area contributed by atoms with E-state index in [0.29, 0.717) is 38.1 Å². The van der Waals surface area contributed by atoms with Crippen LogP contribution < -0.4 is 10.9 Å². The Balaban J connectivity index is 1.83. The quantitative estimate of drug-likeness (QED) is 0.368. The van der Waals surface area contributed by atoms with Crippen LogP contribution in [0.4, 0.5) is 9.93 Å². The van der Waals surface area contributed by atoms with Gasteiger partial charge in [-0.15, -0.1) is 0 Å². The summed E-state index contributed by atoms with van der Waals surface area (Å²) < 4.78 is 6.34. The van der Waals surface area contributed by atoms with E-state index in [4.69, 9.17) is 9.72 Å². The fourth-order valence-electron chi connectivity index (χ4n) is 3.67. The summed E-state index contributed by atoms with van der Waals surface area (Å²) in [7, 11) is 1.29. The molecule has 0 radical (unpaired) electrons. The molecule has 0 atom stereocenters. The average Bonchev–Trinajstić information content (AvgIpc) is 3.29. The smallest absolute Gasteiger partial charge is 0.413 e. The highest BCUT2D eigenvalue weighted by Crippen LogP contribution is 2.39. The zero-order valence-electron chi connectivity index (χ0n) is 18.5. The lowest BCUT2D eigenvalue weighted by atomic mass is 10.1. The molecule has 0 bridgehead atoms. The third-order valence-corrected chi connectivity index (χ3v) is 6.31. The van der Waals surface area contributed by atoms with Gasteiger partial charge in [0.1, 0.15) is 4.88 Å². The number of methoxy groups -OCH3 is 1. The molecule has 7 nitrogen and oxygen atoms in total. The van der Waals surface area contributed by atoms with Crippen LogP contribution in [-0.4, -0.2) is 27.7 Å². The molecule has 1 N–H and O–H groups in total. The van der Waals surface area contributed by atoms with Crippen LogP contribution in [0.2, 0.25) is 0 Å². The number of carbonyl (C=O) groups is 1. The van der Waals surface area contributed by atoms with Gasteiger partial charge < -0.3 is 4.74 Å². The molecule has 0 fully saturated rings. The van der Waals surface area contributed by atoms with Crippen molar-refractivity contribution in [3.63, 3.8) is 0 Å². The van der Waals surface area contributed by atoms with Crippen molar-refractivity contribution in [2.75, 3.05) is 12.4 Å². The summed E-state index contributed by atoms with van der Waals surface area (Å²) in [5, 5.41) is 3.51. The van der Waals surface area contributed by atoms with Gasteiger partial charge in [-0.2, -0.15) is 0 Å². The summed E-state index contributed by atoms with van der Waals surface area (Å²) >= 11 is 1.24. The molecule has 3 aromatic carbocycles. The molecule has 0 saturated heterocycles. The lowest BCUT2D eigenvalue weighted by molar-refractivity contribution is 0.187. The number of fused-ring (bicyclic) bond motifs is 1. The van der Waals surface area contributed by atoms with Crippen molar-refractivity contribution in [1.82, 2.24) is 14.5 Å². The first-order valence-electron chi connectivity index (χ1n) is 10.6. The van der Waals surface area contributed by atoms with Crippen LogP contribution in [0.5, 0.6) is 0 Å². The van der Waals surface area contributed by atoms with Crippen LogP contribution >= 0.6 is 11.3 Å². The molecular weight excluding hydrogens is 448 g/mol. The zero-order valence-corrected chi connectivity index (χ0v) is 19.3. The van der Waals surface area contributed by atoms with Gasteiger partial charge in [-0.1, -0.05) is 71.5 Å². The predicted octanol–water partition coefficient (Wildman–Crippen LogP) is 5.66. The molecule has 8 heteroatoms. The van der Waals surface area contributed by atoms with Crippen molar-refractivity contribution in [2.45, 2.75) is 6.92 Å². The number of aryl methyl sites for hydroxylation is 1. The van der Waals surface area contributed by atoms with E-state index in [2.05, 4.69) is 10.3 Å². The van der Waals surface area contributed by atoms with Crippen molar-refractivity contribution in [1.29, 1.82) is 0 Å². The van der Waals surface area contributed by atoms with Crippen molar-refractivity contribution < 1.29 is 9.53 Å². The first kappa shape index (κ1) is 21.5. The highest BCUT2D eigenvalue weighted by atomic mass is 32.1. The number of nitrogens with one attached hydrogen (secondary N) is 1. The molecule has 168 valence electrons. The SMILES string of the molecule is COC(=O)Nc1nc(-c2ccccc2)c(-c2nc3ccccc3c(=O)n2-c2ccc(C)cc2)s1. The Morgan fingerprint density at radius 2 is 1.65 bits per heavy atom. The van der Waals surface area contributed by atoms with Crippen LogP contribution in [0.25, 0.3) is 38.5 Å². The van der Waals surface area contributed by atoms with E-state index in [0.717, 1.165) is 11.1 Å². The first-order valence-corrected chi connectivity index (χ1v) is 11.4. The van der Waals surface area contributed by atoms with E-state index in [1.807, 2.05) is 79.7 Å². The van der Waals surface area contributed by atoms with Crippen LogP contribution in [0, 0.1) is 6.92 Å². The van der Waals surface area contributed by atoms with E-state index in [1.165, 1.54) is 18.4 Å². The fourth-order valence-corrected chi connectivity index (χ4v) is 4.63. The number of para-hydroxylation sites is 1. The summed E-state index contributed by atoms with van der Waals surface area (Å²) in [6, 6.07) is 24.6. The number of ether oxygens (including phenoxy) is 1. The second-order valence-electron chi connectivity index (χ2n) is 7.61. The third kappa shape index (κ3) is 3.95. The summed E-state index contributed by atoms with van der Waals surface area (Å²) in [6.07, 6.45) is -0.623. The predicted molar refractivity (Wildman–Crippen MR) is 135 cm³/mol. The van der Waals surface area contributed by atoms with Crippen molar-refractivity contribution in [3.8, 4) is 27.6 Å².